The monoisotopic (exact) mass is 433 g/mol. The fourth-order valence-electron chi connectivity index (χ4n) is 4.39. The average molecular weight is 434 g/mol. The predicted octanol–water partition coefficient (Wildman–Crippen LogP) is 5.70. The van der Waals surface area contributed by atoms with Crippen molar-refractivity contribution in [2.75, 3.05) is 30.4 Å². The van der Waals surface area contributed by atoms with Crippen LogP contribution in [0.25, 0.3) is 0 Å². The molecule has 1 aromatic carbocycles. The van der Waals surface area contributed by atoms with E-state index in [1.54, 1.807) is 6.92 Å². The number of anilines is 1. The summed E-state index contributed by atoms with van der Waals surface area (Å²) in [4.78, 5) is 25.9. The molecule has 1 aliphatic heterocycles. The summed E-state index contributed by atoms with van der Waals surface area (Å²) in [5.41, 5.74) is 2.91. The Morgan fingerprint density at radius 1 is 1.10 bits per heavy atom. The van der Waals surface area contributed by atoms with Crippen LogP contribution in [0, 0.1) is 6.92 Å². The van der Waals surface area contributed by atoms with Gasteiger partial charge in [0, 0.05) is 0 Å². The van der Waals surface area contributed by atoms with Crippen LogP contribution in [-0.4, -0.2) is 37.0 Å². The first-order valence-corrected chi connectivity index (χ1v) is 14.3. The van der Waals surface area contributed by atoms with E-state index < -0.39 is 7.26 Å². The number of esters is 1. The molecule has 3 rings (SSSR count). The van der Waals surface area contributed by atoms with Crippen molar-refractivity contribution in [2.45, 2.75) is 45.7 Å². The SMILES string of the molecule is CCOC(=O)c1scc(C)c1NC(=O)C[PH]1(Cc2ccccc2)CCCCCC1. The van der Waals surface area contributed by atoms with Crippen molar-refractivity contribution in [2.24, 2.45) is 0 Å². The molecule has 1 fully saturated rings. The topological polar surface area (TPSA) is 55.4 Å². The molecule has 0 unspecified atom stereocenters. The Bertz CT molecular complexity index is 826. The number of benzene rings is 1. The molecule has 1 amide bonds. The second-order valence-corrected chi connectivity index (χ2v) is 13.7. The van der Waals surface area contributed by atoms with E-state index in [1.165, 1.54) is 54.9 Å². The van der Waals surface area contributed by atoms with Crippen LogP contribution in [0.4, 0.5) is 5.69 Å². The van der Waals surface area contributed by atoms with Crippen LogP contribution in [0.3, 0.4) is 0 Å². The third kappa shape index (κ3) is 5.90. The second-order valence-electron chi connectivity index (χ2n) is 8.14. The van der Waals surface area contributed by atoms with Crippen molar-refractivity contribution in [3.8, 4) is 0 Å². The zero-order chi connectivity index (χ0) is 20.7. The van der Waals surface area contributed by atoms with E-state index in [2.05, 4.69) is 29.6 Å². The minimum atomic E-state index is -1.77. The Morgan fingerprint density at radius 3 is 2.45 bits per heavy atom. The standard InChI is InChI=1S/C23H32NO3PS/c1-3-27-23(26)22-21(18(2)17-29-22)24-20(25)16-28(13-9-4-5-10-14-28)15-19-11-7-6-8-12-19/h6-8,11-12,17,28H,3-5,9-10,13-16H2,1-2H3,(H,24,25). The number of amides is 1. The van der Waals surface area contributed by atoms with Crippen LogP contribution in [0.15, 0.2) is 35.7 Å². The van der Waals surface area contributed by atoms with Crippen LogP contribution in [0.1, 0.15) is 53.4 Å². The second kappa shape index (κ2) is 10.4. The van der Waals surface area contributed by atoms with Gasteiger partial charge in [-0.15, -0.1) is 0 Å². The molecule has 1 aliphatic rings. The van der Waals surface area contributed by atoms with E-state index in [4.69, 9.17) is 4.74 Å². The molecule has 0 saturated carbocycles. The molecule has 1 aromatic heterocycles. The van der Waals surface area contributed by atoms with Crippen molar-refractivity contribution in [3.63, 3.8) is 0 Å². The zero-order valence-corrected chi connectivity index (χ0v) is 19.3. The molecule has 1 N–H and O–H groups in total. The van der Waals surface area contributed by atoms with Gasteiger partial charge in [-0.05, 0) is 0 Å². The van der Waals surface area contributed by atoms with Crippen molar-refractivity contribution in [3.05, 3.63) is 51.7 Å². The van der Waals surface area contributed by atoms with Crippen LogP contribution in [-0.2, 0) is 15.7 Å². The maximum atomic E-state index is 13.1. The molecular formula is C23H32NO3PS. The number of carbonyl (C=O) groups is 2. The fraction of sp³-hybridized carbons (Fsp3) is 0.478. The molecule has 1 saturated heterocycles. The summed E-state index contributed by atoms with van der Waals surface area (Å²) < 4.78 is 5.16. The summed E-state index contributed by atoms with van der Waals surface area (Å²) in [5, 5.41) is 4.99. The quantitative estimate of drug-likeness (QED) is 0.450. The Kier molecular flexibility index (Phi) is 7.85. The van der Waals surface area contributed by atoms with E-state index in [-0.39, 0.29) is 11.9 Å². The van der Waals surface area contributed by atoms with Gasteiger partial charge >= 0.3 is 178 Å². The van der Waals surface area contributed by atoms with Gasteiger partial charge in [0.2, 0.25) is 0 Å². The number of carbonyl (C=O) groups excluding carboxylic acids is 2. The van der Waals surface area contributed by atoms with Crippen molar-refractivity contribution >= 4 is 36.2 Å². The first-order valence-electron chi connectivity index (χ1n) is 10.6. The van der Waals surface area contributed by atoms with Gasteiger partial charge in [-0.1, -0.05) is 0 Å². The number of hydrogen-bond donors (Lipinski definition) is 1. The summed E-state index contributed by atoms with van der Waals surface area (Å²) >= 11 is 1.34. The first-order chi connectivity index (χ1) is 14.0. The number of ether oxygens (including phenoxy) is 1. The molecule has 2 heterocycles. The van der Waals surface area contributed by atoms with E-state index in [1.807, 2.05) is 18.4 Å². The molecule has 0 atom stereocenters. The Hall–Kier alpha value is -1.71. The zero-order valence-electron chi connectivity index (χ0n) is 17.5. The normalized spacial score (nSPS) is 17.2. The summed E-state index contributed by atoms with van der Waals surface area (Å²) in [6.45, 7) is 4.05. The number of rotatable bonds is 7. The first kappa shape index (κ1) is 22.0. The molecule has 29 heavy (non-hydrogen) atoms. The molecule has 0 radical (unpaired) electrons. The maximum absolute atomic E-state index is 13.1. The summed E-state index contributed by atoms with van der Waals surface area (Å²) in [5.74, 6) is -0.298. The Balaban J connectivity index is 1.77. The Morgan fingerprint density at radius 2 is 1.79 bits per heavy atom. The van der Waals surface area contributed by atoms with Gasteiger partial charge in [0.1, 0.15) is 0 Å². The van der Waals surface area contributed by atoms with Crippen LogP contribution < -0.4 is 5.32 Å². The summed E-state index contributed by atoms with van der Waals surface area (Å²) in [6, 6.07) is 10.6. The minimum absolute atomic E-state index is 0.0570. The van der Waals surface area contributed by atoms with Gasteiger partial charge in [0.05, 0.1) is 0 Å². The molecule has 6 heteroatoms. The average Bonchev–Trinajstić information content (AvgIpc) is 2.91. The van der Waals surface area contributed by atoms with Crippen molar-refractivity contribution in [1.29, 1.82) is 0 Å². The third-order valence-electron chi connectivity index (χ3n) is 5.82. The summed E-state index contributed by atoms with van der Waals surface area (Å²) in [7, 11) is -1.77. The van der Waals surface area contributed by atoms with Gasteiger partial charge < -0.3 is 0 Å². The van der Waals surface area contributed by atoms with E-state index >= 15 is 0 Å². The van der Waals surface area contributed by atoms with Gasteiger partial charge in [0.25, 0.3) is 0 Å². The number of aryl methyl sites for hydroxylation is 1. The molecule has 0 bridgehead atoms. The van der Waals surface area contributed by atoms with Crippen molar-refractivity contribution in [1.82, 2.24) is 0 Å². The number of thiophene rings is 1. The van der Waals surface area contributed by atoms with Crippen LogP contribution in [0.2, 0.25) is 0 Å². The molecule has 0 spiro atoms. The van der Waals surface area contributed by atoms with Gasteiger partial charge in [-0.3, -0.25) is 0 Å². The predicted molar refractivity (Wildman–Crippen MR) is 125 cm³/mol. The number of nitrogens with one attached hydrogen (secondary N) is 1. The number of hydrogen-bond acceptors (Lipinski definition) is 4. The summed E-state index contributed by atoms with van der Waals surface area (Å²) in [6.07, 6.45) is 9.14. The fourth-order valence-corrected chi connectivity index (χ4v) is 10.2. The van der Waals surface area contributed by atoms with Crippen LogP contribution in [0.5, 0.6) is 0 Å². The Labute approximate surface area is 178 Å². The van der Waals surface area contributed by atoms with Gasteiger partial charge in [0.15, 0.2) is 0 Å². The van der Waals surface area contributed by atoms with Gasteiger partial charge in [-0.25, -0.2) is 0 Å². The molecular weight excluding hydrogens is 401 g/mol. The molecule has 158 valence electrons. The van der Waals surface area contributed by atoms with E-state index in [0.717, 1.165) is 11.7 Å². The molecule has 4 nitrogen and oxygen atoms in total. The third-order valence-corrected chi connectivity index (χ3v) is 12.0. The van der Waals surface area contributed by atoms with E-state index in [0.29, 0.717) is 23.3 Å². The molecule has 2 aromatic rings. The van der Waals surface area contributed by atoms with E-state index in [9.17, 15) is 9.59 Å². The van der Waals surface area contributed by atoms with Crippen molar-refractivity contribution < 1.29 is 14.3 Å². The molecule has 0 aliphatic carbocycles. The van der Waals surface area contributed by atoms with Gasteiger partial charge in [-0.2, -0.15) is 0 Å². The van der Waals surface area contributed by atoms with Crippen LogP contribution >= 0.6 is 18.6 Å².